The fourth-order valence-electron chi connectivity index (χ4n) is 2.48. The summed E-state index contributed by atoms with van der Waals surface area (Å²) in [5.74, 6) is 5.95. The Hall–Kier alpha value is -3.72. The van der Waals surface area contributed by atoms with Crippen LogP contribution in [0.4, 0.5) is 0 Å². The van der Waals surface area contributed by atoms with Crippen molar-refractivity contribution in [1.82, 2.24) is 20.3 Å². The topological polar surface area (TPSA) is 87.7 Å². The van der Waals surface area contributed by atoms with Crippen molar-refractivity contribution >= 4 is 5.91 Å². The van der Waals surface area contributed by atoms with Gasteiger partial charge < -0.3 is 10.3 Å². The minimum absolute atomic E-state index is 0.0519. The smallest absolute Gasteiger partial charge is 0.255 e. The first-order valence-corrected chi connectivity index (χ1v) is 8.45. The molecule has 2 N–H and O–H groups in total. The maximum Gasteiger partial charge on any atom is 0.255 e. The van der Waals surface area contributed by atoms with Crippen LogP contribution >= 0.6 is 0 Å². The van der Waals surface area contributed by atoms with E-state index in [4.69, 9.17) is 0 Å². The second-order valence-electron chi connectivity index (χ2n) is 5.81. The molecular formula is C21H18N4O2. The number of carbonyl (C=O) groups is 1. The summed E-state index contributed by atoms with van der Waals surface area (Å²) in [7, 11) is 0. The minimum atomic E-state index is -0.339. The first-order chi connectivity index (χ1) is 13.1. The summed E-state index contributed by atoms with van der Waals surface area (Å²) in [5.41, 5.74) is 1.96. The van der Waals surface area contributed by atoms with Crippen LogP contribution in [0.5, 0.6) is 0 Å². The summed E-state index contributed by atoms with van der Waals surface area (Å²) in [5, 5.41) is 2.70. The Morgan fingerprint density at radius 3 is 2.63 bits per heavy atom. The van der Waals surface area contributed by atoms with Crippen LogP contribution < -0.4 is 10.9 Å². The van der Waals surface area contributed by atoms with Crippen molar-refractivity contribution in [3.8, 4) is 23.4 Å². The lowest BCUT2D eigenvalue weighted by Crippen LogP contribution is -2.29. The number of rotatable bonds is 4. The van der Waals surface area contributed by atoms with Gasteiger partial charge in [0.2, 0.25) is 5.91 Å². The SMILES string of the molecule is Cc1nc(-c2ccccn2)[nH]c(=O)c1CC(=O)NCC#Cc1ccccc1. The number of carbonyl (C=O) groups excluding carboxylic acids is 1. The predicted molar refractivity (Wildman–Crippen MR) is 103 cm³/mol. The minimum Gasteiger partial charge on any atom is -0.345 e. The van der Waals surface area contributed by atoms with E-state index >= 15 is 0 Å². The zero-order valence-electron chi connectivity index (χ0n) is 14.8. The highest BCUT2D eigenvalue weighted by molar-refractivity contribution is 5.79. The molecule has 0 radical (unpaired) electrons. The summed E-state index contributed by atoms with van der Waals surface area (Å²) < 4.78 is 0. The molecule has 0 aliphatic rings. The molecular weight excluding hydrogens is 340 g/mol. The summed E-state index contributed by atoms with van der Waals surface area (Å²) in [6.45, 7) is 1.92. The molecule has 3 aromatic rings. The number of pyridine rings is 1. The largest absolute Gasteiger partial charge is 0.345 e. The molecule has 3 rings (SSSR count). The van der Waals surface area contributed by atoms with E-state index in [1.165, 1.54) is 0 Å². The highest BCUT2D eigenvalue weighted by atomic mass is 16.2. The molecule has 0 saturated heterocycles. The fourth-order valence-corrected chi connectivity index (χ4v) is 2.48. The Kier molecular flexibility index (Phi) is 5.75. The van der Waals surface area contributed by atoms with E-state index in [9.17, 15) is 9.59 Å². The Morgan fingerprint density at radius 2 is 1.93 bits per heavy atom. The van der Waals surface area contributed by atoms with E-state index in [-0.39, 0.29) is 24.4 Å². The van der Waals surface area contributed by atoms with Gasteiger partial charge in [0, 0.05) is 23.0 Å². The van der Waals surface area contributed by atoms with Crippen molar-refractivity contribution in [3.63, 3.8) is 0 Å². The lowest BCUT2D eigenvalue weighted by atomic mass is 10.1. The Morgan fingerprint density at radius 1 is 1.15 bits per heavy atom. The lowest BCUT2D eigenvalue weighted by Gasteiger charge is -2.07. The van der Waals surface area contributed by atoms with Crippen molar-refractivity contribution < 1.29 is 4.79 Å². The van der Waals surface area contributed by atoms with E-state index < -0.39 is 0 Å². The number of hydrogen-bond acceptors (Lipinski definition) is 4. The molecule has 0 spiro atoms. The van der Waals surface area contributed by atoms with Gasteiger partial charge in [-0.05, 0) is 31.2 Å². The molecule has 0 atom stereocenters. The van der Waals surface area contributed by atoms with Gasteiger partial charge in [0.15, 0.2) is 5.82 Å². The number of hydrogen-bond donors (Lipinski definition) is 2. The molecule has 1 aromatic carbocycles. The third-order valence-corrected chi connectivity index (χ3v) is 3.85. The van der Waals surface area contributed by atoms with Crippen LogP contribution in [-0.2, 0) is 11.2 Å². The molecule has 134 valence electrons. The van der Waals surface area contributed by atoms with Gasteiger partial charge in [0.25, 0.3) is 5.56 Å². The summed E-state index contributed by atoms with van der Waals surface area (Å²) in [6.07, 6.45) is 1.58. The maximum absolute atomic E-state index is 12.4. The second-order valence-corrected chi connectivity index (χ2v) is 5.81. The molecule has 0 aliphatic heterocycles. The number of amides is 1. The average Bonchev–Trinajstić information content (AvgIpc) is 2.69. The van der Waals surface area contributed by atoms with Gasteiger partial charge in [0.1, 0.15) is 5.69 Å². The quantitative estimate of drug-likeness (QED) is 0.697. The number of nitrogens with zero attached hydrogens (tertiary/aromatic N) is 2. The number of H-pyrrole nitrogens is 1. The van der Waals surface area contributed by atoms with Crippen LogP contribution in [0.3, 0.4) is 0 Å². The summed E-state index contributed by atoms with van der Waals surface area (Å²) >= 11 is 0. The number of aromatic amines is 1. The molecule has 27 heavy (non-hydrogen) atoms. The molecule has 0 saturated carbocycles. The molecule has 0 bridgehead atoms. The fraction of sp³-hybridized carbons (Fsp3) is 0.143. The average molecular weight is 358 g/mol. The molecule has 6 nitrogen and oxygen atoms in total. The Labute approximate surface area is 156 Å². The number of aromatic nitrogens is 3. The van der Waals surface area contributed by atoms with Gasteiger partial charge in [-0.15, -0.1) is 0 Å². The van der Waals surface area contributed by atoms with Gasteiger partial charge in [-0.1, -0.05) is 36.1 Å². The maximum atomic E-state index is 12.4. The van der Waals surface area contributed by atoms with E-state index in [2.05, 4.69) is 32.1 Å². The van der Waals surface area contributed by atoms with E-state index in [0.29, 0.717) is 22.8 Å². The molecule has 0 fully saturated rings. The van der Waals surface area contributed by atoms with Crippen molar-refractivity contribution in [3.05, 3.63) is 81.9 Å². The highest BCUT2D eigenvalue weighted by Crippen LogP contribution is 2.11. The third-order valence-electron chi connectivity index (χ3n) is 3.85. The van der Waals surface area contributed by atoms with Gasteiger partial charge in [0.05, 0.1) is 13.0 Å². The summed E-state index contributed by atoms with van der Waals surface area (Å²) in [4.78, 5) is 35.7. The molecule has 2 heterocycles. The monoisotopic (exact) mass is 358 g/mol. The van der Waals surface area contributed by atoms with E-state index in [1.54, 1.807) is 25.3 Å². The van der Waals surface area contributed by atoms with Crippen molar-refractivity contribution in [2.45, 2.75) is 13.3 Å². The van der Waals surface area contributed by atoms with Crippen molar-refractivity contribution in [1.29, 1.82) is 0 Å². The third kappa shape index (κ3) is 4.89. The first-order valence-electron chi connectivity index (χ1n) is 8.45. The van der Waals surface area contributed by atoms with Gasteiger partial charge >= 0.3 is 0 Å². The van der Waals surface area contributed by atoms with Crippen molar-refractivity contribution in [2.24, 2.45) is 0 Å². The van der Waals surface area contributed by atoms with Crippen LogP contribution in [0, 0.1) is 18.8 Å². The van der Waals surface area contributed by atoms with Gasteiger partial charge in [-0.25, -0.2) is 4.98 Å². The molecule has 2 aromatic heterocycles. The predicted octanol–water partition coefficient (Wildman–Crippen LogP) is 1.85. The summed E-state index contributed by atoms with van der Waals surface area (Å²) in [6, 6.07) is 14.9. The zero-order chi connectivity index (χ0) is 19.1. The molecule has 0 unspecified atom stereocenters. The molecule has 6 heteroatoms. The number of benzene rings is 1. The van der Waals surface area contributed by atoms with Crippen LogP contribution in [0.2, 0.25) is 0 Å². The van der Waals surface area contributed by atoms with E-state index in [0.717, 1.165) is 5.56 Å². The van der Waals surface area contributed by atoms with Gasteiger partial charge in [-0.3, -0.25) is 14.6 Å². The van der Waals surface area contributed by atoms with E-state index in [1.807, 2.05) is 36.4 Å². The molecule has 0 aliphatic carbocycles. The number of aryl methyl sites for hydroxylation is 1. The molecule has 1 amide bonds. The van der Waals surface area contributed by atoms with Crippen LogP contribution in [0.15, 0.2) is 59.5 Å². The van der Waals surface area contributed by atoms with Crippen molar-refractivity contribution in [2.75, 3.05) is 6.54 Å². The Bertz CT molecular complexity index is 1050. The highest BCUT2D eigenvalue weighted by Gasteiger charge is 2.13. The zero-order valence-corrected chi connectivity index (χ0v) is 14.8. The van der Waals surface area contributed by atoms with Crippen LogP contribution in [0.1, 0.15) is 16.8 Å². The van der Waals surface area contributed by atoms with Gasteiger partial charge in [-0.2, -0.15) is 0 Å². The van der Waals surface area contributed by atoms with Crippen LogP contribution in [0.25, 0.3) is 11.5 Å². The van der Waals surface area contributed by atoms with Crippen LogP contribution in [-0.4, -0.2) is 27.4 Å². The standard InChI is InChI=1S/C21H18N4O2/c1-15-17(21(27)25-20(24-15)18-11-5-6-12-22-18)14-19(26)23-13-7-10-16-8-3-2-4-9-16/h2-6,8-9,11-12H,13-14H2,1H3,(H,23,26)(H,24,25,27). The normalized spacial score (nSPS) is 9.96. The number of nitrogens with one attached hydrogen (secondary N) is 2. The second kappa shape index (κ2) is 8.59. The first kappa shape index (κ1) is 18.1. The Balaban J connectivity index is 1.64. The lowest BCUT2D eigenvalue weighted by molar-refractivity contribution is -0.120.